The number of Topliss-reactive ketones (excluding diaryl/α,β-unsaturated/α-hetero) is 1. The van der Waals surface area contributed by atoms with Crippen LogP contribution >= 0.6 is 15.9 Å². The number of hydrogen-bond donors (Lipinski definition) is 1. The molecule has 20 heavy (non-hydrogen) atoms. The number of ketones is 1. The SMILES string of the molecule is O=C(Cc1c(F)ccc(O)c1F)c1cc(Br)ccc1F. The number of halogens is 4. The Morgan fingerprint density at radius 1 is 1.10 bits per heavy atom. The molecule has 0 aromatic heterocycles. The Hall–Kier alpha value is -1.82. The van der Waals surface area contributed by atoms with Crippen molar-refractivity contribution in [3.05, 3.63) is 63.4 Å². The standard InChI is InChI=1S/C14H8BrF3O2/c15-7-1-2-10(16)8(5-7)13(20)6-9-11(17)3-4-12(19)14(9)18/h1-5,19H,6H2. The first kappa shape index (κ1) is 14.6. The highest BCUT2D eigenvalue weighted by molar-refractivity contribution is 9.10. The molecule has 0 heterocycles. The van der Waals surface area contributed by atoms with E-state index in [2.05, 4.69) is 15.9 Å². The largest absolute Gasteiger partial charge is 0.505 e. The van der Waals surface area contributed by atoms with E-state index < -0.39 is 41.0 Å². The molecule has 0 radical (unpaired) electrons. The summed E-state index contributed by atoms with van der Waals surface area (Å²) in [6, 6.07) is 5.40. The lowest BCUT2D eigenvalue weighted by atomic mass is 10.0. The van der Waals surface area contributed by atoms with Crippen molar-refractivity contribution in [1.29, 1.82) is 0 Å². The molecule has 2 nitrogen and oxygen atoms in total. The van der Waals surface area contributed by atoms with Crippen LogP contribution in [0.4, 0.5) is 13.2 Å². The summed E-state index contributed by atoms with van der Waals surface area (Å²) < 4.78 is 41.0. The third-order valence-electron chi connectivity index (χ3n) is 2.73. The summed E-state index contributed by atoms with van der Waals surface area (Å²) in [6.07, 6.45) is -0.681. The molecule has 0 aliphatic rings. The van der Waals surface area contributed by atoms with Gasteiger partial charge in [0.15, 0.2) is 17.3 Å². The number of carbonyl (C=O) groups excluding carboxylic acids is 1. The second-order valence-corrected chi connectivity index (χ2v) is 5.00. The Morgan fingerprint density at radius 3 is 2.45 bits per heavy atom. The number of carbonyl (C=O) groups is 1. The van der Waals surface area contributed by atoms with Crippen LogP contribution in [-0.2, 0) is 6.42 Å². The summed E-state index contributed by atoms with van der Waals surface area (Å²) in [5.74, 6) is -4.51. The maximum absolute atomic E-state index is 13.6. The first-order valence-corrected chi connectivity index (χ1v) is 6.33. The minimum Gasteiger partial charge on any atom is -0.505 e. The normalized spacial score (nSPS) is 10.6. The van der Waals surface area contributed by atoms with Crippen LogP contribution in [0.1, 0.15) is 15.9 Å². The van der Waals surface area contributed by atoms with Gasteiger partial charge in [-0.3, -0.25) is 4.79 Å². The summed E-state index contributed by atoms with van der Waals surface area (Å²) in [5.41, 5.74) is -0.865. The lowest BCUT2D eigenvalue weighted by molar-refractivity contribution is 0.0986. The van der Waals surface area contributed by atoms with Crippen molar-refractivity contribution in [2.75, 3.05) is 0 Å². The molecule has 0 saturated heterocycles. The van der Waals surface area contributed by atoms with Crippen molar-refractivity contribution < 1.29 is 23.1 Å². The van der Waals surface area contributed by atoms with Gasteiger partial charge in [0.05, 0.1) is 5.56 Å². The fraction of sp³-hybridized carbons (Fsp3) is 0.0714. The van der Waals surface area contributed by atoms with Gasteiger partial charge in [-0.1, -0.05) is 15.9 Å². The predicted octanol–water partition coefficient (Wildman–Crippen LogP) is 4.00. The molecule has 2 aromatic rings. The van der Waals surface area contributed by atoms with E-state index in [0.717, 1.165) is 18.2 Å². The summed E-state index contributed by atoms with van der Waals surface area (Å²) in [5, 5.41) is 9.17. The first-order valence-electron chi connectivity index (χ1n) is 5.54. The van der Waals surface area contributed by atoms with E-state index in [9.17, 15) is 23.1 Å². The average molecular weight is 345 g/mol. The Balaban J connectivity index is 2.38. The van der Waals surface area contributed by atoms with Gasteiger partial charge in [0.2, 0.25) is 0 Å². The lowest BCUT2D eigenvalue weighted by Crippen LogP contribution is -2.09. The van der Waals surface area contributed by atoms with Crippen molar-refractivity contribution in [3.8, 4) is 5.75 Å². The fourth-order valence-electron chi connectivity index (χ4n) is 1.71. The van der Waals surface area contributed by atoms with E-state index in [0.29, 0.717) is 4.47 Å². The van der Waals surface area contributed by atoms with Crippen molar-refractivity contribution in [2.45, 2.75) is 6.42 Å². The number of rotatable bonds is 3. The smallest absolute Gasteiger partial charge is 0.171 e. The van der Waals surface area contributed by atoms with Crippen LogP contribution in [0.2, 0.25) is 0 Å². The van der Waals surface area contributed by atoms with Gasteiger partial charge in [0.1, 0.15) is 11.6 Å². The molecule has 2 aromatic carbocycles. The average Bonchev–Trinajstić information content (AvgIpc) is 2.41. The molecule has 0 unspecified atom stereocenters. The van der Waals surface area contributed by atoms with Crippen LogP contribution in [-0.4, -0.2) is 10.9 Å². The van der Waals surface area contributed by atoms with E-state index in [-0.39, 0.29) is 5.56 Å². The number of aromatic hydroxyl groups is 1. The lowest BCUT2D eigenvalue weighted by Gasteiger charge is -2.07. The van der Waals surface area contributed by atoms with Crippen LogP contribution in [0.3, 0.4) is 0 Å². The highest BCUT2D eigenvalue weighted by Crippen LogP contribution is 2.24. The first-order chi connectivity index (χ1) is 9.40. The van der Waals surface area contributed by atoms with Crippen molar-refractivity contribution >= 4 is 21.7 Å². The van der Waals surface area contributed by atoms with Crippen molar-refractivity contribution in [1.82, 2.24) is 0 Å². The zero-order valence-corrected chi connectivity index (χ0v) is 11.5. The Kier molecular flexibility index (Phi) is 4.13. The van der Waals surface area contributed by atoms with E-state index >= 15 is 0 Å². The number of phenols is 1. The molecule has 0 spiro atoms. The molecule has 0 amide bonds. The molecule has 1 N–H and O–H groups in total. The van der Waals surface area contributed by atoms with Gasteiger partial charge in [-0.25, -0.2) is 13.2 Å². The topological polar surface area (TPSA) is 37.3 Å². The van der Waals surface area contributed by atoms with Crippen LogP contribution in [0.25, 0.3) is 0 Å². The van der Waals surface area contributed by atoms with E-state index in [1.165, 1.54) is 12.1 Å². The van der Waals surface area contributed by atoms with Gasteiger partial charge >= 0.3 is 0 Å². The van der Waals surface area contributed by atoms with Gasteiger partial charge in [0.25, 0.3) is 0 Å². The minimum absolute atomic E-state index is 0.276. The van der Waals surface area contributed by atoms with Gasteiger partial charge in [0, 0.05) is 16.5 Å². The Labute approximate surface area is 121 Å². The predicted molar refractivity (Wildman–Crippen MR) is 70.2 cm³/mol. The maximum Gasteiger partial charge on any atom is 0.171 e. The summed E-state index contributed by atoms with van der Waals surface area (Å²) >= 11 is 3.08. The Bertz CT molecular complexity index is 686. The molecular weight excluding hydrogens is 337 g/mol. The highest BCUT2D eigenvalue weighted by atomic mass is 79.9. The summed E-state index contributed by atoms with van der Waals surface area (Å²) in [7, 11) is 0. The molecule has 0 saturated carbocycles. The number of phenolic OH excluding ortho intramolecular Hbond substituents is 1. The summed E-state index contributed by atoms with van der Waals surface area (Å²) in [4.78, 5) is 11.9. The molecule has 0 aliphatic heterocycles. The molecule has 0 aliphatic carbocycles. The van der Waals surface area contributed by atoms with Crippen molar-refractivity contribution in [3.63, 3.8) is 0 Å². The summed E-state index contributed by atoms with van der Waals surface area (Å²) in [6.45, 7) is 0. The van der Waals surface area contributed by atoms with Crippen LogP contribution in [0.15, 0.2) is 34.8 Å². The zero-order chi connectivity index (χ0) is 14.9. The third-order valence-corrected chi connectivity index (χ3v) is 3.23. The van der Waals surface area contributed by atoms with Crippen molar-refractivity contribution in [2.24, 2.45) is 0 Å². The Morgan fingerprint density at radius 2 is 1.75 bits per heavy atom. The molecule has 0 fully saturated rings. The maximum atomic E-state index is 13.6. The second-order valence-electron chi connectivity index (χ2n) is 4.08. The number of benzene rings is 2. The molecular formula is C14H8BrF3O2. The van der Waals surface area contributed by atoms with Crippen LogP contribution in [0.5, 0.6) is 5.75 Å². The zero-order valence-electron chi connectivity index (χ0n) is 9.96. The van der Waals surface area contributed by atoms with Crippen LogP contribution in [0, 0.1) is 17.5 Å². The van der Waals surface area contributed by atoms with E-state index in [1.807, 2.05) is 0 Å². The third kappa shape index (κ3) is 2.85. The fourth-order valence-corrected chi connectivity index (χ4v) is 2.08. The van der Waals surface area contributed by atoms with E-state index in [1.54, 1.807) is 0 Å². The minimum atomic E-state index is -1.21. The second kappa shape index (κ2) is 5.66. The van der Waals surface area contributed by atoms with Crippen LogP contribution < -0.4 is 0 Å². The molecule has 0 bridgehead atoms. The molecule has 2 rings (SSSR count). The van der Waals surface area contributed by atoms with Gasteiger partial charge < -0.3 is 5.11 Å². The van der Waals surface area contributed by atoms with Gasteiger partial charge in [-0.15, -0.1) is 0 Å². The highest BCUT2D eigenvalue weighted by Gasteiger charge is 2.19. The number of hydrogen-bond acceptors (Lipinski definition) is 2. The van der Waals surface area contributed by atoms with Gasteiger partial charge in [-0.05, 0) is 30.3 Å². The molecule has 0 atom stereocenters. The molecule has 6 heteroatoms. The molecule has 104 valence electrons. The quantitative estimate of drug-likeness (QED) is 0.854. The van der Waals surface area contributed by atoms with E-state index in [4.69, 9.17) is 0 Å². The monoisotopic (exact) mass is 344 g/mol. The van der Waals surface area contributed by atoms with Gasteiger partial charge in [-0.2, -0.15) is 0 Å².